The van der Waals surface area contributed by atoms with Crippen LogP contribution in [0.2, 0.25) is 0 Å². The monoisotopic (exact) mass is 269 g/mol. The summed E-state index contributed by atoms with van der Waals surface area (Å²) in [6.45, 7) is 2.01. The van der Waals surface area contributed by atoms with E-state index in [9.17, 15) is 0 Å². The lowest BCUT2D eigenvalue weighted by Gasteiger charge is -2.13. The van der Waals surface area contributed by atoms with Crippen molar-refractivity contribution >= 4 is 5.69 Å². The molecule has 0 amide bonds. The van der Waals surface area contributed by atoms with Crippen molar-refractivity contribution in [3.8, 4) is 11.6 Å². The zero-order valence-corrected chi connectivity index (χ0v) is 11.7. The number of fused-ring (bicyclic) bond motifs is 1. The maximum Gasteiger partial charge on any atom is 0.225 e. The zero-order chi connectivity index (χ0) is 13.9. The molecule has 1 heterocycles. The van der Waals surface area contributed by atoms with Gasteiger partial charge in [-0.1, -0.05) is 12.5 Å². The highest BCUT2D eigenvalue weighted by molar-refractivity contribution is 5.49. The normalized spacial score (nSPS) is 14.4. The average molecular weight is 269 g/mol. The average Bonchev–Trinajstić information content (AvgIpc) is 2.69. The first kappa shape index (κ1) is 12.9. The highest BCUT2D eigenvalue weighted by Gasteiger charge is 2.16. The standard InChI is InChI=1S/C16H19N3O/c1-11-7-8-12(17)9-15(11)20-16-13-5-3-2-4-6-14(13)18-10-19-16/h7-10H,2-6,17H2,1H3. The first-order valence-corrected chi connectivity index (χ1v) is 7.11. The number of ether oxygens (including phenoxy) is 1. The molecule has 0 atom stereocenters. The molecule has 1 aliphatic carbocycles. The van der Waals surface area contributed by atoms with Gasteiger partial charge in [0.1, 0.15) is 12.1 Å². The van der Waals surface area contributed by atoms with Crippen LogP contribution < -0.4 is 10.5 Å². The van der Waals surface area contributed by atoms with Gasteiger partial charge in [-0.2, -0.15) is 0 Å². The van der Waals surface area contributed by atoms with E-state index in [4.69, 9.17) is 10.5 Å². The van der Waals surface area contributed by atoms with Gasteiger partial charge >= 0.3 is 0 Å². The Morgan fingerprint density at radius 2 is 1.95 bits per heavy atom. The molecule has 0 saturated carbocycles. The third kappa shape index (κ3) is 2.59. The highest BCUT2D eigenvalue weighted by atomic mass is 16.5. The lowest BCUT2D eigenvalue weighted by Crippen LogP contribution is -2.02. The quantitative estimate of drug-likeness (QED) is 0.670. The summed E-state index contributed by atoms with van der Waals surface area (Å²) in [5.41, 5.74) is 9.88. The molecule has 3 rings (SSSR count). The summed E-state index contributed by atoms with van der Waals surface area (Å²) in [5, 5.41) is 0. The van der Waals surface area contributed by atoms with E-state index in [1.807, 2.05) is 25.1 Å². The number of hydrogen-bond donors (Lipinski definition) is 1. The molecule has 0 radical (unpaired) electrons. The molecule has 1 aromatic carbocycles. The smallest absolute Gasteiger partial charge is 0.225 e. The minimum absolute atomic E-state index is 0.686. The number of rotatable bonds is 2. The van der Waals surface area contributed by atoms with Gasteiger partial charge in [0.2, 0.25) is 5.88 Å². The molecular formula is C16H19N3O. The van der Waals surface area contributed by atoms with Crippen LogP contribution >= 0.6 is 0 Å². The molecule has 0 fully saturated rings. The number of aryl methyl sites for hydroxylation is 2. The van der Waals surface area contributed by atoms with Crippen molar-refractivity contribution < 1.29 is 4.74 Å². The first-order valence-electron chi connectivity index (χ1n) is 7.11. The van der Waals surface area contributed by atoms with Gasteiger partial charge in [-0.05, 0) is 44.2 Å². The Labute approximate surface area is 119 Å². The van der Waals surface area contributed by atoms with Crippen LogP contribution in [0.1, 0.15) is 36.1 Å². The molecule has 4 heteroatoms. The minimum Gasteiger partial charge on any atom is -0.438 e. The van der Waals surface area contributed by atoms with Crippen LogP contribution in [-0.4, -0.2) is 9.97 Å². The van der Waals surface area contributed by atoms with Gasteiger partial charge in [-0.15, -0.1) is 0 Å². The van der Waals surface area contributed by atoms with E-state index < -0.39 is 0 Å². The van der Waals surface area contributed by atoms with Crippen LogP contribution in [0.25, 0.3) is 0 Å². The van der Waals surface area contributed by atoms with Crippen molar-refractivity contribution in [1.82, 2.24) is 9.97 Å². The SMILES string of the molecule is Cc1ccc(N)cc1Oc1ncnc2c1CCCCC2. The number of nitrogens with zero attached hydrogens (tertiary/aromatic N) is 2. The Hall–Kier alpha value is -2.10. The predicted molar refractivity (Wildman–Crippen MR) is 79.0 cm³/mol. The van der Waals surface area contributed by atoms with Gasteiger partial charge in [0.15, 0.2) is 0 Å². The second kappa shape index (κ2) is 5.49. The van der Waals surface area contributed by atoms with Gasteiger partial charge in [0.05, 0.1) is 5.69 Å². The number of hydrogen-bond acceptors (Lipinski definition) is 4. The van der Waals surface area contributed by atoms with Crippen LogP contribution in [-0.2, 0) is 12.8 Å². The molecule has 1 aromatic heterocycles. The van der Waals surface area contributed by atoms with Crippen molar-refractivity contribution in [3.63, 3.8) is 0 Å². The van der Waals surface area contributed by atoms with Crippen molar-refractivity contribution in [2.45, 2.75) is 39.0 Å². The van der Waals surface area contributed by atoms with E-state index >= 15 is 0 Å². The Kier molecular flexibility index (Phi) is 3.54. The van der Waals surface area contributed by atoms with E-state index in [1.54, 1.807) is 6.33 Å². The fraction of sp³-hybridized carbons (Fsp3) is 0.375. The fourth-order valence-electron chi connectivity index (χ4n) is 2.59. The van der Waals surface area contributed by atoms with Gasteiger partial charge < -0.3 is 10.5 Å². The van der Waals surface area contributed by atoms with Crippen LogP contribution in [0.3, 0.4) is 0 Å². The van der Waals surface area contributed by atoms with Gasteiger partial charge in [0.25, 0.3) is 0 Å². The van der Waals surface area contributed by atoms with Crippen molar-refractivity contribution in [2.24, 2.45) is 0 Å². The minimum atomic E-state index is 0.686. The highest BCUT2D eigenvalue weighted by Crippen LogP contribution is 2.31. The number of aromatic nitrogens is 2. The maximum absolute atomic E-state index is 6.01. The van der Waals surface area contributed by atoms with Gasteiger partial charge in [-0.3, -0.25) is 0 Å². The van der Waals surface area contributed by atoms with Crippen LogP contribution in [0.15, 0.2) is 24.5 Å². The van der Waals surface area contributed by atoms with Crippen molar-refractivity contribution in [3.05, 3.63) is 41.3 Å². The topological polar surface area (TPSA) is 61.0 Å². The summed E-state index contributed by atoms with van der Waals surface area (Å²) in [4.78, 5) is 8.73. The first-order chi connectivity index (χ1) is 9.74. The third-order valence-corrected chi connectivity index (χ3v) is 3.75. The Morgan fingerprint density at radius 1 is 1.10 bits per heavy atom. The van der Waals surface area contributed by atoms with Gasteiger partial charge in [-0.25, -0.2) is 9.97 Å². The summed E-state index contributed by atoms with van der Waals surface area (Å²) in [5.74, 6) is 1.46. The zero-order valence-electron chi connectivity index (χ0n) is 11.7. The molecule has 0 unspecified atom stereocenters. The molecular weight excluding hydrogens is 250 g/mol. The summed E-state index contributed by atoms with van der Waals surface area (Å²) >= 11 is 0. The maximum atomic E-state index is 6.01. The van der Waals surface area contributed by atoms with E-state index in [2.05, 4.69) is 9.97 Å². The molecule has 0 spiro atoms. The summed E-state index contributed by atoms with van der Waals surface area (Å²) < 4.78 is 6.01. The summed E-state index contributed by atoms with van der Waals surface area (Å²) in [6.07, 6.45) is 7.22. The van der Waals surface area contributed by atoms with E-state index in [-0.39, 0.29) is 0 Å². The number of anilines is 1. The Balaban J connectivity index is 1.96. The molecule has 2 N–H and O–H groups in total. The molecule has 4 nitrogen and oxygen atoms in total. The number of benzene rings is 1. The lowest BCUT2D eigenvalue weighted by molar-refractivity contribution is 0.450. The van der Waals surface area contributed by atoms with Crippen LogP contribution in [0.4, 0.5) is 5.69 Å². The Morgan fingerprint density at radius 3 is 2.85 bits per heavy atom. The molecule has 2 aromatic rings. The molecule has 1 aliphatic rings. The third-order valence-electron chi connectivity index (χ3n) is 3.75. The second-order valence-electron chi connectivity index (χ2n) is 5.29. The fourth-order valence-corrected chi connectivity index (χ4v) is 2.59. The van der Waals surface area contributed by atoms with Crippen LogP contribution in [0.5, 0.6) is 11.6 Å². The van der Waals surface area contributed by atoms with Crippen LogP contribution in [0, 0.1) is 6.92 Å². The second-order valence-corrected chi connectivity index (χ2v) is 5.29. The summed E-state index contributed by atoms with van der Waals surface area (Å²) in [7, 11) is 0. The van der Waals surface area contributed by atoms with Crippen molar-refractivity contribution in [1.29, 1.82) is 0 Å². The lowest BCUT2D eigenvalue weighted by atomic mass is 10.1. The number of nitrogens with two attached hydrogens (primary N) is 1. The number of nitrogen functional groups attached to an aromatic ring is 1. The van der Waals surface area contributed by atoms with E-state index in [0.717, 1.165) is 35.4 Å². The van der Waals surface area contributed by atoms with E-state index in [1.165, 1.54) is 19.3 Å². The largest absolute Gasteiger partial charge is 0.438 e. The molecule has 104 valence electrons. The van der Waals surface area contributed by atoms with E-state index in [0.29, 0.717) is 11.6 Å². The molecule has 0 saturated heterocycles. The van der Waals surface area contributed by atoms with Crippen molar-refractivity contribution in [2.75, 3.05) is 5.73 Å². The predicted octanol–water partition coefficient (Wildman–Crippen LogP) is 3.43. The summed E-state index contributed by atoms with van der Waals surface area (Å²) in [6, 6.07) is 5.69. The Bertz CT molecular complexity index is 625. The molecule has 20 heavy (non-hydrogen) atoms. The van der Waals surface area contributed by atoms with Gasteiger partial charge in [0, 0.05) is 17.3 Å². The molecule has 0 bridgehead atoms. The molecule has 0 aliphatic heterocycles.